The fourth-order valence-corrected chi connectivity index (χ4v) is 2.36. The van der Waals surface area contributed by atoms with Gasteiger partial charge in [-0.1, -0.05) is 12.1 Å². The summed E-state index contributed by atoms with van der Waals surface area (Å²) in [5, 5.41) is 9.45. The normalized spacial score (nSPS) is 11.6. The van der Waals surface area contributed by atoms with Crippen LogP contribution in [0.1, 0.15) is 0 Å². The van der Waals surface area contributed by atoms with E-state index in [0.29, 0.717) is 13.2 Å². The Morgan fingerprint density at radius 3 is 2.61 bits per heavy atom. The third-order valence-corrected chi connectivity index (χ3v) is 3.63. The molecule has 0 amide bonds. The van der Waals surface area contributed by atoms with Gasteiger partial charge in [0.05, 0.1) is 19.8 Å². The number of hydrogen-bond acceptors (Lipinski definition) is 5. The number of hydrogen-bond donors (Lipinski definition) is 2. The molecular formula is C11H17NO5S. The lowest BCUT2D eigenvalue weighted by Gasteiger charge is -2.08. The Balaban J connectivity index is 2.44. The standard InChI is InChI=1S/C11H17NO5S/c1-16-8-9-17-7-6-12-18(14,15)11-5-3-2-4-10(11)13/h2-5,12-13H,6-9H2,1H3. The molecule has 2 N–H and O–H groups in total. The summed E-state index contributed by atoms with van der Waals surface area (Å²) in [5.41, 5.74) is 0. The molecule has 0 aliphatic rings. The molecule has 0 bridgehead atoms. The van der Waals surface area contributed by atoms with Gasteiger partial charge in [-0.15, -0.1) is 0 Å². The van der Waals surface area contributed by atoms with Crippen LogP contribution >= 0.6 is 0 Å². The monoisotopic (exact) mass is 275 g/mol. The quantitative estimate of drug-likeness (QED) is 0.668. The van der Waals surface area contributed by atoms with Crippen molar-refractivity contribution in [1.29, 1.82) is 0 Å². The molecular weight excluding hydrogens is 258 g/mol. The Morgan fingerprint density at radius 1 is 1.22 bits per heavy atom. The second-order valence-corrected chi connectivity index (χ2v) is 5.21. The van der Waals surface area contributed by atoms with Crippen molar-refractivity contribution in [3.63, 3.8) is 0 Å². The molecule has 102 valence electrons. The second kappa shape index (κ2) is 7.32. The molecule has 0 fully saturated rings. The van der Waals surface area contributed by atoms with Crippen molar-refractivity contribution in [2.45, 2.75) is 4.90 Å². The van der Waals surface area contributed by atoms with Crippen LogP contribution in [0.25, 0.3) is 0 Å². The molecule has 0 radical (unpaired) electrons. The molecule has 0 saturated carbocycles. The van der Waals surface area contributed by atoms with Crippen LogP contribution in [-0.2, 0) is 19.5 Å². The number of nitrogens with one attached hydrogen (secondary N) is 1. The van der Waals surface area contributed by atoms with Crippen molar-refractivity contribution < 1.29 is 23.0 Å². The smallest absolute Gasteiger partial charge is 0.244 e. The number of phenols is 1. The molecule has 1 aromatic rings. The van der Waals surface area contributed by atoms with E-state index in [9.17, 15) is 13.5 Å². The zero-order chi connectivity index (χ0) is 13.4. The van der Waals surface area contributed by atoms with Gasteiger partial charge in [-0.3, -0.25) is 0 Å². The van der Waals surface area contributed by atoms with Gasteiger partial charge in [-0.25, -0.2) is 13.1 Å². The summed E-state index contributed by atoms with van der Waals surface area (Å²) in [5.74, 6) is -0.273. The third kappa shape index (κ3) is 4.61. The number of methoxy groups -OCH3 is 1. The van der Waals surface area contributed by atoms with Crippen LogP contribution in [0.5, 0.6) is 5.75 Å². The summed E-state index contributed by atoms with van der Waals surface area (Å²) in [6.45, 7) is 1.26. The molecule has 1 aromatic carbocycles. The average molecular weight is 275 g/mol. The molecule has 0 aliphatic carbocycles. The maximum Gasteiger partial charge on any atom is 0.244 e. The molecule has 0 aromatic heterocycles. The first kappa shape index (κ1) is 14.9. The number of benzene rings is 1. The van der Waals surface area contributed by atoms with Crippen molar-refractivity contribution in [3.8, 4) is 5.75 Å². The predicted molar refractivity (Wildman–Crippen MR) is 66.0 cm³/mol. The van der Waals surface area contributed by atoms with E-state index >= 15 is 0 Å². The highest BCUT2D eigenvalue weighted by atomic mass is 32.2. The molecule has 0 aliphatic heterocycles. The number of ether oxygens (including phenoxy) is 2. The third-order valence-electron chi connectivity index (χ3n) is 2.13. The highest BCUT2D eigenvalue weighted by Crippen LogP contribution is 2.20. The van der Waals surface area contributed by atoms with Crippen molar-refractivity contribution in [3.05, 3.63) is 24.3 Å². The van der Waals surface area contributed by atoms with E-state index in [-0.39, 0.29) is 23.8 Å². The topological polar surface area (TPSA) is 84.9 Å². The Labute approximate surface area is 107 Å². The van der Waals surface area contributed by atoms with Crippen molar-refractivity contribution in [2.75, 3.05) is 33.5 Å². The second-order valence-electron chi connectivity index (χ2n) is 3.47. The lowest BCUT2D eigenvalue weighted by molar-refractivity contribution is 0.0736. The molecule has 7 heteroatoms. The summed E-state index contributed by atoms with van der Waals surface area (Å²) in [6.07, 6.45) is 0. The maximum atomic E-state index is 11.8. The van der Waals surface area contributed by atoms with Crippen molar-refractivity contribution in [2.24, 2.45) is 0 Å². The minimum Gasteiger partial charge on any atom is -0.507 e. The molecule has 0 saturated heterocycles. The largest absolute Gasteiger partial charge is 0.507 e. The van der Waals surface area contributed by atoms with Gasteiger partial charge in [-0.2, -0.15) is 0 Å². The molecule has 0 atom stereocenters. The minimum atomic E-state index is -3.69. The summed E-state index contributed by atoms with van der Waals surface area (Å²) < 4.78 is 35.8. The first-order chi connectivity index (χ1) is 8.58. The van der Waals surface area contributed by atoms with E-state index in [2.05, 4.69) is 4.72 Å². The molecule has 18 heavy (non-hydrogen) atoms. The molecule has 0 unspecified atom stereocenters. The zero-order valence-corrected chi connectivity index (χ0v) is 10.9. The van der Waals surface area contributed by atoms with Crippen LogP contribution in [-0.4, -0.2) is 47.0 Å². The van der Waals surface area contributed by atoms with E-state index in [0.717, 1.165) is 0 Å². The zero-order valence-electron chi connectivity index (χ0n) is 10.1. The highest BCUT2D eigenvalue weighted by Gasteiger charge is 2.16. The van der Waals surface area contributed by atoms with Gasteiger partial charge in [-0.05, 0) is 12.1 Å². The fraction of sp³-hybridized carbons (Fsp3) is 0.455. The Kier molecular flexibility index (Phi) is 6.06. The van der Waals surface area contributed by atoms with Gasteiger partial charge in [0.2, 0.25) is 10.0 Å². The van der Waals surface area contributed by atoms with Crippen LogP contribution in [0.2, 0.25) is 0 Å². The van der Waals surface area contributed by atoms with Crippen LogP contribution < -0.4 is 4.72 Å². The van der Waals surface area contributed by atoms with Crippen LogP contribution in [0.3, 0.4) is 0 Å². The van der Waals surface area contributed by atoms with Crippen LogP contribution in [0, 0.1) is 0 Å². The number of aromatic hydroxyl groups is 1. The highest BCUT2D eigenvalue weighted by molar-refractivity contribution is 7.89. The number of phenolic OH excluding ortho intramolecular Hbond substituents is 1. The number of sulfonamides is 1. The SMILES string of the molecule is COCCOCCNS(=O)(=O)c1ccccc1O. The van der Waals surface area contributed by atoms with Crippen molar-refractivity contribution in [1.82, 2.24) is 4.72 Å². The average Bonchev–Trinajstić information content (AvgIpc) is 2.34. The Morgan fingerprint density at radius 2 is 1.94 bits per heavy atom. The number of para-hydroxylation sites is 1. The summed E-state index contributed by atoms with van der Waals surface area (Å²) >= 11 is 0. The fourth-order valence-electron chi connectivity index (χ4n) is 1.25. The van der Waals surface area contributed by atoms with Gasteiger partial charge in [0.15, 0.2) is 0 Å². The van der Waals surface area contributed by atoms with E-state index in [1.54, 1.807) is 19.2 Å². The lowest BCUT2D eigenvalue weighted by Crippen LogP contribution is -2.27. The summed E-state index contributed by atoms with van der Waals surface area (Å²) in [4.78, 5) is -0.137. The minimum absolute atomic E-state index is 0.137. The first-order valence-electron chi connectivity index (χ1n) is 5.42. The number of rotatable bonds is 8. The van der Waals surface area contributed by atoms with E-state index < -0.39 is 10.0 Å². The van der Waals surface area contributed by atoms with Crippen molar-refractivity contribution >= 4 is 10.0 Å². The van der Waals surface area contributed by atoms with Gasteiger partial charge < -0.3 is 14.6 Å². The Hall–Kier alpha value is -1.15. The molecule has 0 heterocycles. The first-order valence-corrected chi connectivity index (χ1v) is 6.90. The van der Waals surface area contributed by atoms with Gasteiger partial charge in [0, 0.05) is 13.7 Å². The Bertz CT molecular complexity index is 460. The predicted octanol–water partition coefficient (Wildman–Crippen LogP) is 0.334. The molecule has 1 rings (SSSR count). The summed E-state index contributed by atoms with van der Waals surface area (Å²) in [6, 6.07) is 5.76. The van der Waals surface area contributed by atoms with E-state index in [1.165, 1.54) is 12.1 Å². The van der Waals surface area contributed by atoms with Gasteiger partial charge in [0.25, 0.3) is 0 Å². The lowest BCUT2D eigenvalue weighted by atomic mass is 10.3. The molecule has 6 nitrogen and oxygen atoms in total. The summed E-state index contributed by atoms with van der Waals surface area (Å²) in [7, 11) is -2.14. The van der Waals surface area contributed by atoms with E-state index in [4.69, 9.17) is 9.47 Å². The van der Waals surface area contributed by atoms with Crippen LogP contribution in [0.15, 0.2) is 29.2 Å². The maximum absolute atomic E-state index is 11.8. The van der Waals surface area contributed by atoms with Gasteiger partial charge >= 0.3 is 0 Å². The van der Waals surface area contributed by atoms with Gasteiger partial charge in [0.1, 0.15) is 10.6 Å². The van der Waals surface area contributed by atoms with Crippen LogP contribution in [0.4, 0.5) is 0 Å². The molecule has 0 spiro atoms. The van der Waals surface area contributed by atoms with E-state index in [1.807, 2.05) is 0 Å².